The predicted molar refractivity (Wildman–Crippen MR) is 55.8 cm³/mol. The maximum atomic E-state index is 9.37. The number of aliphatic imine (C=N–C) groups is 1. The van der Waals surface area contributed by atoms with Crippen LogP contribution < -0.4 is 0 Å². The smallest absolute Gasteiger partial charge is 0.216 e. The fraction of sp³-hybridized carbons (Fsp3) is 0.364. The molecule has 1 aromatic rings. The first-order valence-corrected chi connectivity index (χ1v) is 4.86. The quantitative estimate of drug-likeness (QED) is 0.743. The van der Waals surface area contributed by atoms with E-state index in [1.165, 1.54) is 0 Å². The third kappa shape index (κ3) is 2.16. The zero-order valence-electron chi connectivity index (χ0n) is 8.21. The van der Waals surface area contributed by atoms with E-state index >= 15 is 0 Å². The second-order valence-electron chi connectivity index (χ2n) is 3.42. The first-order chi connectivity index (χ1) is 7.31. The van der Waals surface area contributed by atoms with E-state index < -0.39 is 12.2 Å². The van der Waals surface area contributed by atoms with Crippen LogP contribution in [-0.4, -0.2) is 41.5 Å². The third-order valence-corrected chi connectivity index (χ3v) is 2.31. The van der Waals surface area contributed by atoms with Gasteiger partial charge in [0, 0.05) is 5.56 Å². The lowest BCUT2D eigenvalue weighted by Crippen LogP contribution is -2.32. The summed E-state index contributed by atoms with van der Waals surface area (Å²) in [5.41, 5.74) is 0.894. The van der Waals surface area contributed by atoms with E-state index in [0.717, 1.165) is 5.56 Å². The minimum Gasteiger partial charge on any atom is -0.469 e. The van der Waals surface area contributed by atoms with E-state index in [0.29, 0.717) is 12.4 Å². The van der Waals surface area contributed by atoms with Crippen molar-refractivity contribution in [3.05, 3.63) is 35.9 Å². The van der Waals surface area contributed by atoms with Crippen molar-refractivity contribution in [2.75, 3.05) is 13.2 Å². The van der Waals surface area contributed by atoms with Gasteiger partial charge in [-0.2, -0.15) is 0 Å². The molecular weight excluding hydrogens is 194 g/mol. The van der Waals surface area contributed by atoms with Crippen LogP contribution in [0.4, 0.5) is 0 Å². The SMILES string of the molecule is OC[C@@H](O)[C@@H]1CN=C(c2ccccc2)O1. The molecule has 0 aromatic heterocycles. The average molecular weight is 207 g/mol. The minimum atomic E-state index is -0.866. The van der Waals surface area contributed by atoms with E-state index in [2.05, 4.69) is 4.99 Å². The normalized spacial score (nSPS) is 22.0. The Kier molecular flexibility index (Phi) is 2.99. The molecule has 0 saturated carbocycles. The molecule has 0 bridgehead atoms. The molecule has 1 aliphatic heterocycles. The molecule has 0 aliphatic carbocycles. The summed E-state index contributed by atoms with van der Waals surface area (Å²) in [5.74, 6) is 0.535. The van der Waals surface area contributed by atoms with Crippen LogP contribution in [-0.2, 0) is 4.74 Å². The average Bonchev–Trinajstić information content (AvgIpc) is 2.78. The van der Waals surface area contributed by atoms with E-state index in [4.69, 9.17) is 9.84 Å². The highest BCUT2D eigenvalue weighted by Gasteiger charge is 2.27. The van der Waals surface area contributed by atoms with Gasteiger partial charge in [-0.25, -0.2) is 4.99 Å². The lowest BCUT2D eigenvalue weighted by atomic mass is 10.2. The van der Waals surface area contributed by atoms with Crippen LogP contribution in [0.25, 0.3) is 0 Å². The van der Waals surface area contributed by atoms with Gasteiger partial charge in [0.2, 0.25) is 5.90 Å². The first-order valence-electron chi connectivity index (χ1n) is 4.86. The standard InChI is InChI=1S/C11H13NO3/c13-7-9(14)10-6-12-11(15-10)8-4-2-1-3-5-8/h1-5,9-10,13-14H,6-7H2/t9-,10+/m1/s1. The van der Waals surface area contributed by atoms with Crippen molar-refractivity contribution in [3.8, 4) is 0 Å². The molecular formula is C11H13NO3. The Bertz CT molecular complexity index is 350. The fourth-order valence-electron chi connectivity index (χ4n) is 1.45. The van der Waals surface area contributed by atoms with E-state index in [9.17, 15) is 5.11 Å². The Morgan fingerprint density at radius 1 is 1.40 bits per heavy atom. The number of nitrogens with zero attached hydrogens (tertiary/aromatic N) is 1. The third-order valence-electron chi connectivity index (χ3n) is 2.31. The van der Waals surface area contributed by atoms with Crippen molar-refractivity contribution < 1.29 is 14.9 Å². The molecule has 1 aliphatic rings. The highest BCUT2D eigenvalue weighted by molar-refractivity contribution is 5.95. The topological polar surface area (TPSA) is 62.0 Å². The van der Waals surface area contributed by atoms with Crippen LogP contribution >= 0.6 is 0 Å². The molecule has 0 amide bonds. The molecule has 80 valence electrons. The van der Waals surface area contributed by atoms with Crippen molar-refractivity contribution in [1.29, 1.82) is 0 Å². The van der Waals surface area contributed by atoms with Gasteiger partial charge in [-0.3, -0.25) is 0 Å². The predicted octanol–water partition coefficient (Wildman–Crippen LogP) is 0.185. The van der Waals surface area contributed by atoms with Crippen LogP contribution in [0.2, 0.25) is 0 Å². The highest BCUT2D eigenvalue weighted by Crippen LogP contribution is 2.14. The van der Waals surface area contributed by atoms with Crippen molar-refractivity contribution in [3.63, 3.8) is 0 Å². The zero-order valence-corrected chi connectivity index (χ0v) is 8.21. The van der Waals surface area contributed by atoms with E-state index in [-0.39, 0.29) is 6.61 Å². The van der Waals surface area contributed by atoms with Crippen molar-refractivity contribution in [1.82, 2.24) is 0 Å². The lowest BCUT2D eigenvalue weighted by Gasteiger charge is -2.15. The summed E-state index contributed by atoms with van der Waals surface area (Å²) in [6.07, 6.45) is -1.29. The van der Waals surface area contributed by atoms with Gasteiger partial charge in [-0.15, -0.1) is 0 Å². The molecule has 2 N–H and O–H groups in total. The minimum absolute atomic E-state index is 0.303. The summed E-state index contributed by atoms with van der Waals surface area (Å²) in [7, 11) is 0. The van der Waals surface area contributed by atoms with Crippen molar-refractivity contribution in [2.45, 2.75) is 12.2 Å². The maximum Gasteiger partial charge on any atom is 0.216 e. The van der Waals surface area contributed by atoms with Gasteiger partial charge in [0.1, 0.15) is 12.2 Å². The molecule has 4 nitrogen and oxygen atoms in total. The van der Waals surface area contributed by atoms with E-state index in [1.807, 2.05) is 30.3 Å². The summed E-state index contributed by atoms with van der Waals surface area (Å²) in [6.45, 7) is 0.0915. The Balaban J connectivity index is 2.04. The fourth-order valence-corrected chi connectivity index (χ4v) is 1.45. The second kappa shape index (κ2) is 4.42. The molecule has 0 spiro atoms. The molecule has 1 heterocycles. The van der Waals surface area contributed by atoms with Gasteiger partial charge in [0.05, 0.1) is 13.2 Å². The molecule has 1 aromatic carbocycles. The van der Waals surface area contributed by atoms with Crippen molar-refractivity contribution >= 4 is 5.90 Å². The molecule has 4 heteroatoms. The Labute approximate surface area is 87.8 Å². The summed E-state index contributed by atoms with van der Waals surface area (Å²) in [4.78, 5) is 4.18. The number of hydrogen-bond donors (Lipinski definition) is 2. The van der Waals surface area contributed by atoms with Crippen LogP contribution in [0.3, 0.4) is 0 Å². The lowest BCUT2D eigenvalue weighted by molar-refractivity contribution is 0.00731. The highest BCUT2D eigenvalue weighted by atomic mass is 16.5. The van der Waals surface area contributed by atoms with Gasteiger partial charge in [0.25, 0.3) is 0 Å². The van der Waals surface area contributed by atoms with Crippen LogP contribution in [0.1, 0.15) is 5.56 Å². The summed E-state index contributed by atoms with van der Waals surface area (Å²) < 4.78 is 5.44. The number of rotatable bonds is 3. The summed E-state index contributed by atoms with van der Waals surface area (Å²) in [6, 6.07) is 9.51. The van der Waals surface area contributed by atoms with Crippen LogP contribution in [0.15, 0.2) is 35.3 Å². The van der Waals surface area contributed by atoms with Gasteiger partial charge >= 0.3 is 0 Å². The van der Waals surface area contributed by atoms with E-state index in [1.54, 1.807) is 0 Å². The van der Waals surface area contributed by atoms with Gasteiger partial charge in [0.15, 0.2) is 0 Å². The van der Waals surface area contributed by atoms with Crippen LogP contribution in [0, 0.1) is 0 Å². The van der Waals surface area contributed by atoms with Crippen LogP contribution in [0.5, 0.6) is 0 Å². The number of hydrogen-bond acceptors (Lipinski definition) is 4. The molecule has 0 unspecified atom stereocenters. The Morgan fingerprint density at radius 3 is 2.80 bits per heavy atom. The molecule has 2 atom stereocenters. The Hall–Kier alpha value is -1.39. The molecule has 15 heavy (non-hydrogen) atoms. The maximum absolute atomic E-state index is 9.37. The number of aliphatic hydroxyl groups excluding tert-OH is 2. The number of benzene rings is 1. The summed E-state index contributed by atoms with van der Waals surface area (Å²) in [5, 5.41) is 18.1. The second-order valence-corrected chi connectivity index (χ2v) is 3.42. The molecule has 0 radical (unpaired) electrons. The molecule has 2 rings (SSSR count). The monoisotopic (exact) mass is 207 g/mol. The Morgan fingerprint density at radius 2 is 2.13 bits per heavy atom. The van der Waals surface area contributed by atoms with Gasteiger partial charge in [-0.1, -0.05) is 18.2 Å². The number of aliphatic hydroxyl groups is 2. The van der Waals surface area contributed by atoms with Gasteiger partial charge < -0.3 is 14.9 Å². The first kappa shape index (κ1) is 10.1. The number of ether oxygens (including phenoxy) is 1. The zero-order chi connectivity index (χ0) is 10.7. The molecule has 0 fully saturated rings. The summed E-state index contributed by atoms with van der Waals surface area (Å²) >= 11 is 0. The largest absolute Gasteiger partial charge is 0.469 e. The van der Waals surface area contributed by atoms with Crippen molar-refractivity contribution in [2.24, 2.45) is 4.99 Å². The molecule has 0 saturated heterocycles. The van der Waals surface area contributed by atoms with Gasteiger partial charge in [-0.05, 0) is 12.1 Å².